The zero-order valence-electron chi connectivity index (χ0n) is 8.27. The number of alkyl halides is 1. The third-order valence-corrected chi connectivity index (χ3v) is 5.34. The van der Waals surface area contributed by atoms with E-state index in [4.69, 9.17) is 16.7 Å². The van der Waals surface area contributed by atoms with E-state index in [2.05, 4.69) is 19.7 Å². The number of carboxylic acids is 1. The van der Waals surface area contributed by atoms with Crippen LogP contribution in [0.1, 0.15) is 6.42 Å². The molecule has 76 valence electrons. The van der Waals surface area contributed by atoms with Gasteiger partial charge in [0, 0.05) is 11.5 Å². The molecule has 0 heterocycles. The predicted molar refractivity (Wildman–Crippen MR) is 59.2 cm³/mol. The minimum atomic E-state index is -1.41. The van der Waals surface area contributed by atoms with Crippen LogP contribution in [0.4, 0.5) is 0 Å². The number of carbonyl (C=O) groups is 1. The minimum absolute atomic E-state index is 0.339. The zero-order valence-corrected chi connectivity index (χ0v) is 10.0. The molecule has 2 nitrogen and oxygen atoms in total. The summed E-state index contributed by atoms with van der Waals surface area (Å²) in [7, 11) is -1.41. The van der Waals surface area contributed by atoms with Gasteiger partial charge in [-0.2, -0.15) is 0 Å². The third kappa shape index (κ3) is 5.88. The van der Waals surface area contributed by atoms with Crippen molar-refractivity contribution in [2.45, 2.75) is 31.6 Å². The van der Waals surface area contributed by atoms with E-state index < -0.39 is 14.0 Å². The van der Waals surface area contributed by atoms with Crippen molar-refractivity contribution in [2.75, 3.05) is 5.88 Å². The van der Waals surface area contributed by atoms with Gasteiger partial charge in [0.25, 0.3) is 0 Å². The van der Waals surface area contributed by atoms with Crippen molar-refractivity contribution >= 4 is 25.6 Å². The summed E-state index contributed by atoms with van der Waals surface area (Å²) in [6.45, 7) is 7.90. The van der Waals surface area contributed by atoms with Gasteiger partial charge in [-0.15, -0.1) is 11.6 Å². The lowest BCUT2D eigenvalue weighted by Gasteiger charge is -2.21. The number of hydrogen-bond donors (Lipinski definition) is 1. The van der Waals surface area contributed by atoms with E-state index in [0.717, 1.165) is 12.5 Å². The van der Waals surface area contributed by atoms with Gasteiger partial charge in [-0.05, 0) is 12.5 Å². The maximum atomic E-state index is 10.5. The summed E-state index contributed by atoms with van der Waals surface area (Å²) in [4.78, 5) is 10.5. The Morgan fingerprint density at radius 1 is 1.54 bits per heavy atom. The Kier molecular flexibility index (Phi) is 5.33. The Bertz CT molecular complexity index is 202. The van der Waals surface area contributed by atoms with E-state index in [-0.39, 0.29) is 0 Å². The van der Waals surface area contributed by atoms with Crippen molar-refractivity contribution in [3.8, 4) is 0 Å². The molecular formula is C9H17ClO2Si. The fraction of sp³-hybridized carbons (Fsp3) is 0.667. The molecule has 0 aliphatic heterocycles. The first-order chi connectivity index (χ1) is 5.89. The molecule has 0 atom stereocenters. The summed E-state index contributed by atoms with van der Waals surface area (Å²) >= 11 is 5.59. The second kappa shape index (κ2) is 5.45. The van der Waals surface area contributed by atoms with Gasteiger partial charge in [0.2, 0.25) is 0 Å². The van der Waals surface area contributed by atoms with Crippen molar-refractivity contribution < 1.29 is 9.90 Å². The fourth-order valence-corrected chi connectivity index (χ4v) is 4.26. The van der Waals surface area contributed by atoms with E-state index in [1.165, 1.54) is 0 Å². The summed E-state index contributed by atoms with van der Waals surface area (Å²) in [6, 6.07) is 1.74. The first kappa shape index (κ1) is 12.7. The number of aliphatic carboxylic acids is 1. The Morgan fingerprint density at radius 2 is 2.08 bits per heavy atom. The summed E-state index contributed by atoms with van der Waals surface area (Å²) < 4.78 is 0. The van der Waals surface area contributed by atoms with Crippen molar-refractivity contribution in [3.63, 3.8) is 0 Å². The Morgan fingerprint density at radius 3 is 2.46 bits per heavy atom. The van der Waals surface area contributed by atoms with E-state index in [9.17, 15) is 4.79 Å². The molecule has 0 saturated heterocycles. The smallest absolute Gasteiger partial charge is 0.330 e. The lowest BCUT2D eigenvalue weighted by Crippen LogP contribution is -2.27. The van der Waals surface area contributed by atoms with Crippen molar-refractivity contribution in [1.29, 1.82) is 0 Å². The van der Waals surface area contributed by atoms with Gasteiger partial charge < -0.3 is 5.11 Å². The number of rotatable bonds is 6. The van der Waals surface area contributed by atoms with Gasteiger partial charge in [0.15, 0.2) is 0 Å². The van der Waals surface area contributed by atoms with E-state index >= 15 is 0 Å². The maximum absolute atomic E-state index is 10.5. The summed E-state index contributed by atoms with van der Waals surface area (Å²) in [5.41, 5.74) is 0.339. The molecule has 0 unspecified atom stereocenters. The molecule has 0 aromatic carbocycles. The highest BCUT2D eigenvalue weighted by Gasteiger charge is 2.23. The van der Waals surface area contributed by atoms with Crippen LogP contribution in [0.15, 0.2) is 12.2 Å². The van der Waals surface area contributed by atoms with Gasteiger partial charge in [-0.1, -0.05) is 25.7 Å². The van der Waals surface area contributed by atoms with Crippen molar-refractivity contribution in [3.05, 3.63) is 12.2 Å². The number of hydrogen-bond acceptors (Lipinski definition) is 1. The van der Waals surface area contributed by atoms with Crippen LogP contribution >= 0.6 is 11.6 Å². The molecule has 0 aliphatic carbocycles. The molecule has 0 rings (SSSR count). The Hall–Kier alpha value is -0.283. The van der Waals surface area contributed by atoms with Gasteiger partial charge >= 0.3 is 5.97 Å². The molecule has 0 saturated carbocycles. The number of halogens is 1. The molecule has 13 heavy (non-hydrogen) atoms. The van der Waals surface area contributed by atoms with Crippen LogP contribution in [0.3, 0.4) is 0 Å². The SMILES string of the molecule is C=C(C[Si](C)(C)CCCCl)C(=O)O. The van der Waals surface area contributed by atoms with Gasteiger partial charge in [-0.3, -0.25) is 0 Å². The Labute approximate surface area is 85.6 Å². The van der Waals surface area contributed by atoms with Crippen LogP contribution in [-0.4, -0.2) is 25.0 Å². The third-order valence-electron chi connectivity index (χ3n) is 1.98. The zero-order chi connectivity index (χ0) is 10.5. The average molecular weight is 221 g/mol. The van der Waals surface area contributed by atoms with E-state index in [0.29, 0.717) is 17.5 Å². The van der Waals surface area contributed by atoms with Crippen LogP contribution in [0.25, 0.3) is 0 Å². The summed E-state index contributed by atoms with van der Waals surface area (Å²) in [6.07, 6.45) is 0.980. The van der Waals surface area contributed by atoms with Crippen LogP contribution in [0, 0.1) is 0 Å². The quantitative estimate of drug-likeness (QED) is 0.425. The molecule has 0 aliphatic rings. The molecule has 0 bridgehead atoms. The highest BCUT2D eigenvalue weighted by Crippen LogP contribution is 2.21. The van der Waals surface area contributed by atoms with E-state index in [1.807, 2.05) is 0 Å². The molecule has 0 spiro atoms. The minimum Gasteiger partial charge on any atom is -0.478 e. The topological polar surface area (TPSA) is 37.3 Å². The molecule has 0 radical (unpaired) electrons. The molecule has 1 N–H and O–H groups in total. The normalized spacial score (nSPS) is 11.3. The second-order valence-corrected chi connectivity index (χ2v) is 9.60. The largest absolute Gasteiger partial charge is 0.478 e. The molecule has 0 aromatic rings. The first-order valence-electron chi connectivity index (χ1n) is 4.36. The molecule has 0 amide bonds. The average Bonchev–Trinajstić information content (AvgIpc) is 2.00. The predicted octanol–water partition coefficient (Wildman–Crippen LogP) is 2.96. The molecule has 0 aromatic heterocycles. The molecular weight excluding hydrogens is 204 g/mol. The monoisotopic (exact) mass is 220 g/mol. The van der Waals surface area contributed by atoms with Crippen LogP contribution in [0.2, 0.25) is 25.2 Å². The van der Waals surface area contributed by atoms with Gasteiger partial charge in [0.1, 0.15) is 0 Å². The van der Waals surface area contributed by atoms with E-state index in [1.54, 1.807) is 0 Å². The fourth-order valence-electron chi connectivity index (χ4n) is 1.29. The first-order valence-corrected chi connectivity index (χ1v) is 8.31. The Balaban J connectivity index is 4.00. The van der Waals surface area contributed by atoms with Crippen LogP contribution in [-0.2, 0) is 4.79 Å². The van der Waals surface area contributed by atoms with Crippen molar-refractivity contribution in [2.24, 2.45) is 0 Å². The maximum Gasteiger partial charge on any atom is 0.330 e. The van der Waals surface area contributed by atoms with Crippen LogP contribution < -0.4 is 0 Å². The van der Waals surface area contributed by atoms with Crippen molar-refractivity contribution in [1.82, 2.24) is 0 Å². The van der Waals surface area contributed by atoms with Gasteiger partial charge in [-0.25, -0.2) is 4.79 Å². The molecule has 4 heteroatoms. The summed E-state index contributed by atoms with van der Waals surface area (Å²) in [5, 5.41) is 8.67. The highest BCUT2D eigenvalue weighted by molar-refractivity contribution is 6.78. The lowest BCUT2D eigenvalue weighted by atomic mass is 10.4. The lowest BCUT2D eigenvalue weighted by molar-refractivity contribution is -0.132. The molecule has 0 fully saturated rings. The van der Waals surface area contributed by atoms with Gasteiger partial charge in [0.05, 0.1) is 8.07 Å². The number of carboxylic acid groups (broad SMARTS) is 1. The second-order valence-electron chi connectivity index (χ2n) is 4.04. The summed E-state index contributed by atoms with van der Waals surface area (Å²) in [5.74, 6) is -0.206. The van der Waals surface area contributed by atoms with Crippen LogP contribution in [0.5, 0.6) is 0 Å². The highest BCUT2D eigenvalue weighted by atomic mass is 35.5. The standard InChI is InChI=1S/C9H17ClO2Si/c1-8(9(11)12)7-13(2,3)6-4-5-10/h1,4-7H2,2-3H3,(H,11,12).